The van der Waals surface area contributed by atoms with Crippen LogP contribution in [-0.2, 0) is 16.0 Å². The van der Waals surface area contributed by atoms with Crippen molar-refractivity contribution in [3.05, 3.63) is 40.1 Å². The third-order valence-electron chi connectivity index (χ3n) is 2.99. The highest BCUT2D eigenvalue weighted by atomic mass is 35.5. The number of benzene rings is 1. The molecule has 0 saturated carbocycles. The van der Waals surface area contributed by atoms with Crippen LogP contribution in [0.3, 0.4) is 0 Å². The van der Waals surface area contributed by atoms with E-state index < -0.39 is 34.2 Å². The Kier molecular flexibility index (Phi) is 5.87. The molecule has 0 aromatic heterocycles. The van der Waals surface area contributed by atoms with Crippen LogP contribution in [0, 0.1) is 11.6 Å². The Hall–Kier alpha value is -2.15. The normalized spacial score (nSPS) is 10.2. The van der Waals surface area contributed by atoms with E-state index in [2.05, 4.69) is 0 Å². The molecule has 0 fully saturated rings. The lowest BCUT2D eigenvalue weighted by Gasteiger charge is -2.23. The topological polar surface area (TPSA) is 77.8 Å². The van der Waals surface area contributed by atoms with Crippen molar-refractivity contribution in [1.29, 1.82) is 0 Å². The molecule has 22 heavy (non-hydrogen) atoms. The number of carboxylic acids is 2. The summed E-state index contributed by atoms with van der Waals surface area (Å²) < 4.78 is 27.1. The fourth-order valence-corrected chi connectivity index (χ4v) is 2.22. The summed E-state index contributed by atoms with van der Waals surface area (Å²) in [5.41, 5.74) is -0.521. The van der Waals surface area contributed by atoms with Gasteiger partial charge in [-0.05, 0) is 18.9 Å². The van der Waals surface area contributed by atoms with Gasteiger partial charge in [0.25, 0.3) is 0 Å². The number of halogens is 3. The molecule has 5 nitrogen and oxygen atoms in total. The van der Waals surface area contributed by atoms with Gasteiger partial charge in [0.2, 0.25) is 0 Å². The van der Waals surface area contributed by atoms with Crippen LogP contribution < -0.4 is 4.90 Å². The second-order valence-electron chi connectivity index (χ2n) is 4.28. The molecule has 0 bridgehead atoms. The predicted molar refractivity (Wildman–Crippen MR) is 77.1 cm³/mol. The molecule has 1 rings (SSSR count). The summed E-state index contributed by atoms with van der Waals surface area (Å²) in [6.07, 6.45) is 1.11. The van der Waals surface area contributed by atoms with Gasteiger partial charge in [0.15, 0.2) is 17.2 Å². The van der Waals surface area contributed by atoms with E-state index in [1.54, 1.807) is 13.8 Å². The standard InChI is InChI=1S/C14H14ClF2NO4/c1-3-7-10(5-9(16)12(17)11(7)15)18(4-2)6-8(13(19)20)14(21)22/h5-6H,3-4H2,1-2H3,(H,19,20)(H,21,22). The molecule has 0 aliphatic rings. The summed E-state index contributed by atoms with van der Waals surface area (Å²) in [7, 11) is 0. The zero-order chi connectivity index (χ0) is 17.0. The minimum Gasteiger partial charge on any atom is -0.477 e. The lowest BCUT2D eigenvalue weighted by atomic mass is 10.1. The average molecular weight is 334 g/mol. The van der Waals surface area contributed by atoms with Gasteiger partial charge in [0, 0.05) is 24.5 Å². The van der Waals surface area contributed by atoms with Crippen LogP contribution >= 0.6 is 11.6 Å². The molecule has 0 radical (unpaired) electrons. The van der Waals surface area contributed by atoms with E-state index in [1.165, 1.54) is 4.90 Å². The number of hydrogen-bond acceptors (Lipinski definition) is 3. The molecule has 0 spiro atoms. The Morgan fingerprint density at radius 3 is 2.23 bits per heavy atom. The maximum Gasteiger partial charge on any atom is 0.344 e. The highest BCUT2D eigenvalue weighted by Crippen LogP contribution is 2.33. The predicted octanol–water partition coefficient (Wildman–Crippen LogP) is 3.06. The molecule has 8 heteroatoms. The van der Waals surface area contributed by atoms with Gasteiger partial charge >= 0.3 is 11.9 Å². The van der Waals surface area contributed by atoms with E-state index in [0.717, 1.165) is 12.3 Å². The number of hydrogen-bond donors (Lipinski definition) is 2. The first-order valence-corrected chi connectivity index (χ1v) is 6.73. The number of anilines is 1. The zero-order valence-electron chi connectivity index (χ0n) is 11.9. The Morgan fingerprint density at radius 2 is 1.82 bits per heavy atom. The Labute approximate surface area is 130 Å². The van der Waals surface area contributed by atoms with E-state index in [9.17, 15) is 18.4 Å². The van der Waals surface area contributed by atoms with E-state index in [0.29, 0.717) is 0 Å². The van der Waals surface area contributed by atoms with Crippen LogP contribution in [0.15, 0.2) is 17.8 Å². The minimum absolute atomic E-state index is 0.119. The van der Waals surface area contributed by atoms with Gasteiger partial charge < -0.3 is 15.1 Å². The van der Waals surface area contributed by atoms with Gasteiger partial charge in [-0.2, -0.15) is 0 Å². The van der Waals surface area contributed by atoms with Crippen molar-refractivity contribution >= 4 is 29.2 Å². The first kappa shape index (κ1) is 17.9. The molecule has 0 unspecified atom stereocenters. The molecule has 120 valence electrons. The molecule has 0 aliphatic heterocycles. The smallest absolute Gasteiger partial charge is 0.344 e. The van der Waals surface area contributed by atoms with Crippen molar-refractivity contribution in [2.45, 2.75) is 20.3 Å². The van der Waals surface area contributed by atoms with Gasteiger partial charge in [-0.25, -0.2) is 18.4 Å². The van der Waals surface area contributed by atoms with Crippen LogP contribution in [-0.4, -0.2) is 28.7 Å². The summed E-state index contributed by atoms with van der Waals surface area (Å²) >= 11 is 5.77. The third kappa shape index (κ3) is 3.54. The van der Waals surface area contributed by atoms with E-state index >= 15 is 0 Å². The number of rotatable bonds is 6. The molecule has 1 aromatic carbocycles. The lowest BCUT2D eigenvalue weighted by Crippen LogP contribution is -2.22. The average Bonchev–Trinajstić information content (AvgIpc) is 2.45. The minimum atomic E-state index is -1.64. The van der Waals surface area contributed by atoms with Crippen LogP contribution in [0.4, 0.5) is 14.5 Å². The van der Waals surface area contributed by atoms with Gasteiger partial charge in [0.1, 0.15) is 0 Å². The van der Waals surface area contributed by atoms with Crippen molar-refractivity contribution in [2.75, 3.05) is 11.4 Å². The molecule has 2 N–H and O–H groups in total. The van der Waals surface area contributed by atoms with E-state index in [-0.39, 0.29) is 24.2 Å². The second kappa shape index (κ2) is 7.22. The van der Waals surface area contributed by atoms with Crippen LogP contribution in [0.1, 0.15) is 19.4 Å². The monoisotopic (exact) mass is 333 g/mol. The van der Waals surface area contributed by atoms with Gasteiger partial charge in [-0.15, -0.1) is 0 Å². The van der Waals surface area contributed by atoms with Crippen molar-refractivity contribution in [3.63, 3.8) is 0 Å². The highest BCUT2D eigenvalue weighted by Gasteiger charge is 2.22. The highest BCUT2D eigenvalue weighted by molar-refractivity contribution is 6.32. The van der Waals surface area contributed by atoms with Gasteiger partial charge in [-0.1, -0.05) is 18.5 Å². The summed E-state index contributed by atoms with van der Waals surface area (Å²) in [5, 5.41) is 17.4. The SMILES string of the molecule is CCc1c(N(C=C(C(=O)O)C(=O)O)CC)cc(F)c(F)c1Cl. The Balaban J connectivity index is 3.52. The molecule has 0 aliphatic carbocycles. The lowest BCUT2D eigenvalue weighted by molar-refractivity contribution is -0.140. The zero-order valence-corrected chi connectivity index (χ0v) is 12.6. The van der Waals surface area contributed by atoms with Crippen LogP contribution in [0.25, 0.3) is 0 Å². The number of nitrogens with zero attached hydrogens (tertiary/aromatic N) is 1. The summed E-state index contributed by atoms with van der Waals surface area (Å²) in [6.45, 7) is 3.40. The fraction of sp³-hybridized carbons (Fsp3) is 0.286. The van der Waals surface area contributed by atoms with E-state index in [4.69, 9.17) is 21.8 Å². The maximum atomic E-state index is 13.6. The fourth-order valence-electron chi connectivity index (χ4n) is 1.90. The first-order chi connectivity index (χ1) is 10.2. The van der Waals surface area contributed by atoms with Crippen LogP contribution in [0.2, 0.25) is 5.02 Å². The molecular weight excluding hydrogens is 320 g/mol. The molecule has 0 amide bonds. The van der Waals surface area contributed by atoms with Crippen LogP contribution in [0.5, 0.6) is 0 Å². The Morgan fingerprint density at radius 1 is 1.27 bits per heavy atom. The van der Waals surface area contributed by atoms with Crippen molar-refractivity contribution < 1.29 is 28.6 Å². The number of aliphatic carboxylic acids is 2. The molecule has 0 heterocycles. The molecular formula is C14H14ClF2NO4. The summed E-state index contributed by atoms with van der Waals surface area (Å²) in [4.78, 5) is 23.1. The second-order valence-corrected chi connectivity index (χ2v) is 4.65. The summed E-state index contributed by atoms with van der Waals surface area (Å²) in [6, 6.07) is 0.862. The Bertz CT molecular complexity index is 630. The van der Waals surface area contributed by atoms with Gasteiger partial charge in [-0.3, -0.25) is 0 Å². The van der Waals surface area contributed by atoms with E-state index in [1.807, 2.05) is 0 Å². The first-order valence-electron chi connectivity index (χ1n) is 6.35. The molecule has 1 aromatic rings. The largest absolute Gasteiger partial charge is 0.477 e. The number of carboxylic acid groups (broad SMARTS) is 2. The van der Waals surface area contributed by atoms with Crippen molar-refractivity contribution in [1.82, 2.24) is 0 Å². The summed E-state index contributed by atoms with van der Waals surface area (Å²) in [5.74, 6) is -5.68. The van der Waals surface area contributed by atoms with Crippen molar-refractivity contribution in [3.8, 4) is 0 Å². The van der Waals surface area contributed by atoms with Gasteiger partial charge in [0.05, 0.1) is 5.02 Å². The number of carbonyl (C=O) groups is 2. The molecule has 0 atom stereocenters. The molecule has 0 saturated heterocycles. The van der Waals surface area contributed by atoms with Crippen molar-refractivity contribution in [2.24, 2.45) is 0 Å². The third-order valence-corrected chi connectivity index (χ3v) is 3.38. The maximum absolute atomic E-state index is 13.6. The quantitative estimate of drug-likeness (QED) is 0.362.